The minimum absolute atomic E-state index is 0.0696. The molecule has 2 heterocycles. The first kappa shape index (κ1) is 8.41. The van der Waals surface area contributed by atoms with Crippen LogP contribution in [0, 0.1) is 0 Å². The minimum Gasteiger partial charge on any atom is -0.339 e. The summed E-state index contributed by atoms with van der Waals surface area (Å²) in [5.41, 5.74) is 0.0696. The molecule has 1 aliphatic heterocycles. The molecule has 4 nitrogen and oxygen atoms in total. The highest BCUT2D eigenvalue weighted by atomic mass is 16.5. The van der Waals surface area contributed by atoms with Gasteiger partial charge >= 0.3 is 0 Å². The molecule has 1 aliphatic carbocycles. The SMILES string of the molecule is CC1(c2nc(C3CC3)no2)CCNC1. The van der Waals surface area contributed by atoms with Gasteiger partial charge < -0.3 is 9.84 Å². The smallest absolute Gasteiger partial charge is 0.233 e. The molecule has 3 rings (SSSR count). The van der Waals surface area contributed by atoms with Gasteiger partial charge in [-0.3, -0.25) is 0 Å². The third kappa shape index (κ3) is 1.25. The molecule has 0 aromatic carbocycles. The Kier molecular flexibility index (Phi) is 1.68. The van der Waals surface area contributed by atoms with Crippen molar-refractivity contribution in [3.8, 4) is 0 Å². The third-order valence-corrected chi connectivity index (χ3v) is 3.27. The molecule has 2 aliphatic rings. The van der Waals surface area contributed by atoms with Crippen molar-refractivity contribution in [2.75, 3.05) is 13.1 Å². The van der Waals surface area contributed by atoms with Crippen molar-refractivity contribution in [2.24, 2.45) is 0 Å². The Labute approximate surface area is 83.1 Å². The Hall–Kier alpha value is -0.900. The number of aromatic nitrogens is 2. The van der Waals surface area contributed by atoms with Crippen molar-refractivity contribution in [1.82, 2.24) is 15.5 Å². The highest BCUT2D eigenvalue weighted by Gasteiger charge is 2.38. The van der Waals surface area contributed by atoms with Gasteiger partial charge in [0, 0.05) is 12.5 Å². The summed E-state index contributed by atoms with van der Waals surface area (Å²) in [5, 5.41) is 7.39. The summed E-state index contributed by atoms with van der Waals surface area (Å²) >= 11 is 0. The summed E-state index contributed by atoms with van der Waals surface area (Å²) in [4.78, 5) is 4.51. The van der Waals surface area contributed by atoms with Crippen LogP contribution >= 0.6 is 0 Å². The van der Waals surface area contributed by atoms with Crippen LogP contribution in [0.3, 0.4) is 0 Å². The molecule has 0 radical (unpaired) electrons. The van der Waals surface area contributed by atoms with E-state index in [2.05, 4.69) is 22.4 Å². The summed E-state index contributed by atoms with van der Waals surface area (Å²) in [6.07, 6.45) is 3.56. The quantitative estimate of drug-likeness (QED) is 0.766. The lowest BCUT2D eigenvalue weighted by atomic mass is 9.90. The van der Waals surface area contributed by atoms with E-state index in [4.69, 9.17) is 4.52 Å². The average molecular weight is 193 g/mol. The summed E-state index contributed by atoms with van der Waals surface area (Å²) < 4.78 is 5.35. The van der Waals surface area contributed by atoms with E-state index in [-0.39, 0.29) is 5.41 Å². The zero-order chi connectivity index (χ0) is 9.60. The topological polar surface area (TPSA) is 51.0 Å². The Morgan fingerprint density at radius 2 is 2.36 bits per heavy atom. The van der Waals surface area contributed by atoms with Crippen LogP contribution in [-0.4, -0.2) is 23.2 Å². The maximum atomic E-state index is 5.35. The van der Waals surface area contributed by atoms with Crippen LogP contribution in [0.1, 0.15) is 43.8 Å². The average Bonchev–Trinajstić information content (AvgIpc) is 2.75. The van der Waals surface area contributed by atoms with Crippen LogP contribution < -0.4 is 5.32 Å². The maximum absolute atomic E-state index is 5.35. The monoisotopic (exact) mass is 193 g/mol. The second-order valence-electron chi connectivity index (χ2n) is 4.72. The fourth-order valence-corrected chi connectivity index (χ4v) is 1.99. The van der Waals surface area contributed by atoms with E-state index in [1.165, 1.54) is 12.8 Å². The molecule has 0 amide bonds. The molecule has 1 aromatic rings. The van der Waals surface area contributed by atoms with Gasteiger partial charge in [-0.1, -0.05) is 5.16 Å². The molecule has 76 valence electrons. The van der Waals surface area contributed by atoms with E-state index in [1.54, 1.807) is 0 Å². The first-order valence-corrected chi connectivity index (χ1v) is 5.33. The second-order valence-corrected chi connectivity index (χ2v) is 4.72. The molecule has 1 N–H and O–H groups in total. The van der Waals surface area contributed by atoms with Crippen molar-refractivity contribution < 1.29 is 4.52 Å². The molecule has 1 saturated heterocycles. The fourth-order valence-electron chi connectivity index (χ4n) is 1.99. The Morgan fingerprint density at radius 3 is 3.00 bits per heavy atom. The normalized spacial score (nSPS) is 32.4. The molecule has 1 aromatic heterocycles. The van der Waals surface area contributed by atoms with Gasteiger partial charge in [-0.15, -0.1) is 0 Å². The van der Waals surface area contributed by atoms with Crippen LogP contribution in [0.5, 0.6) is 0 Å². The Morgan fingerprint density at radius 1 is 1.50 bits per heavy atom. The lowest BCUT2D eigenvalue weighted by Crippen LogP contribution is -2.25. The summed E-state index contributed by atoms with van der Waals surface area (Å²) in [7, 11) is 0. The summed E-state index contributed by atoms with van der Waals surface area (Å²) in [6.45, 7) is 4.20. The number of rotatable bonds is 2. The van der Waals surface area contributed by atoms with Crippen molar-refractivity contribution in [1.29, 1.82) is 0 Å². The molecule has 1 atom stereocenters. The van der Waals surface area contributed by atoms with Gasteiger partial charge in [-0.05, 0) is 32.7 Å². The predicted molar refractivity (Wildman–Crippen MR) is 51.1 cm³/mol. The molecular formula is C10H15N3O. The lowest BCUT2D eigenvalue weighted by molar-refractivity contribution is 0.304. The second kappa shape index (κ2) is 2.79. The van der Waals surface area contributed by atoms with Gasteiger partial charge in [-0.25, -0.2) is 0 Å². The van der Waals surface area contributed by atoms with E-state index < -0.39 is 0 Å². The Bertz CT molecular complexity index is 337. The standard InChI is InChI=1S/C10H15N3O/c1-10(4-5-11-6-10)9-12-8(13-14-9)7-2-3-7/h7,11H,2-6H2,1H3. The molecule has 0 bridgehead atoms. The zero-order valence-corrected chi connectivity index (χ0v) is 8.42. The number of hydrogen-bond acceptors (Lipinski definition) is 4. The Balaban J connectivity index is 1.87. The molecule has 1 saturated carbocycles. The number of nitrogens with zero attached hydrogens (tertiary/aromatic N) is 2. The van der Waals surface area contributed by atoms with Crippen LogP contribution in [0.4, 0.5) is 0 Å². The van der Waals surface area contributed by atoms with E-state index in [0.717, 1.165) is 31.2 Å². The van der Waals surface area contributed by atoms with Gasteiger partial charge in [-0.2, -0.15) is 4.98 Å². The van der Waals surface area contributed by atoms with Gasteiger partial charge in [0.2, 0.25) is 5.89 Å². The first-order valence-electron chi connectivity index (χ1n) is 5.33. The van der Waals surface area contributed by atoms with E-state index in [0.29, 0.717) is 5.92 Å². The van der Waals surface area contributed by atoms with Crippen molar-refractivity contribution in [3.05, 3.63) is 11.7 Å². The van der Waals surface area contributed by atoms with Crippen LogP contribution in [-0.2, 0) is 5.41 Å². The molecule has 2 fully saturated rings. The van der Waals surface area contributed by atoms with Gasteiger partial charge in [0.15, 0.2) is 5.82 Å². The summed E-state index contributed by atoms with van der Waals surface area (Å²) in [5.74, 6) is 2.34. The van der Waals surface area contributed by atoms with Crippen LogP contribution in [0.15, 0.2) is 4.52 Å². The largest absolute Gasteiger partial charge is 0.339 e. The summed E-state index contributed by atoms with van der Waals surface area (Å²) in [6, 6.07) is 0. The number of hydrogen-bond donors (Lipinski definition) is 1. The lowest BCUT2D eigenvalue weighted by Gasteiger charge is -2.15. The fraction of sp³-hybridized carbons (Fsp3) is 0.800. The highest BCUT2D eigenvalue weighted by Crippen LogP contribution is 2.39. The van der Waals surface area contributed by atoms with Crippen LogP contribution in [0.25, 0.3) is 0 Å². The molecule has 1 unspecified atom stereocenters. The third-order valence-electron chi connectivity index (χ3n) is 3.27. The first-order chi connectivity index (χ1) is 6.78. The zero-order valence-electron chi connectivity index (χ0n) is 8.42. The molecule has 4 heteroatoms. The molecule has 14 heavy (non-hydrogen) atoms. The van der Waals surface area contributed by atoms with Gasteiger partial charge in [0.05, 0.1) is 5.41 Å². The van der Waals surface area contributed by atoms with Crippen LogP contribution in [0.2, 0.25) is 0 Å². The van der Waals surface area contributed by atoms with Gasteiger partial charge in [0.1, 0.15) is 0 Å². The maximum Gasteiger partial charge on any atom is 0.233 e. The van der Waals surface area contributed by atoms with Crippen molar-refractivity contribution in [3.63, 3.8) is 0 Å². The highest BCUT2D eigenvalue weighted by molar-refractivity contribution is 5.11. The minimum atomic E-state index is 0.0696. The molecule has 0 spiro atoms. The van der Waals surface area contributed by atoms with Crippen molar-refractivity contribution in [2.45, 2.75) is 37.5 Å². The van der Waals surface area contributed by atoms with E-state index >= 15 is 0 Å². The number of nitrogens with one attached hydrogen (secondary N) is 1. The van der Waals surface area contributed by atoms with Gasteiger partial charge in [0.25, 0.3) is 0 Å². The predicted octanol–water partition coefficient (Wildman–Crippen LogP) is 1.20. The van der Waals surface area contributed by atoms with E-state index in [1.807, 2.05) is 0 Å². The van der Waals surface area contributed by atoms with E-state index in [9.17, 15) is 0 Å². The van der Waals surface area contributed by atoms with Crippen molar-refractivity contribution >= 4 is 0 Å². The molecular weight excluding hydrogens is 178 g/mol.